The molecule has 1 aromatic heterocycles. The molecule has 4 rings (SSSR count). The largest absolute Gasteiger partial charge is 0.497 e. The lowest BCUT2D eigenvalue weighted by atomic mass is 10.1. The highest BCUT2D eigenvalue weighted by Crippen LogP contribution is 2.29. The van der Waals surface area contributed by atoms with Gasteiger partial charge in [-0.15, -0.1) is 11.3 Å². The zero-order valence-electron chi connectivity index (χ0n) is 16.4. The number of rotatable bonds is 7. The molecule has 0 unspecified atom stereocenters. The number of carbonyl (C=O) groups excluding carboxylic acids is 1. The monoisotopic (exact) mass is 416 g/mol. The molecular weight excluding hydrogens is 396 g/mol. The van der Waals surface area contributed by atoms with Crippen molar-refractivity contribution in [2.24, 2.45) is 0 Å². The van der Waals surface area contributed by atoms with Gasteiger partial charge in [-0.25, -0.2) is 4.98 Å². The predicted molar refractivity (Wildman–Crippen MR) is 120 cm³/mol. The van der Waals surface area contributed by atoms with E-state index in [2.05, 4.69) is 17.4 Å². The average Bonchev–Trinajstić information content (AvgIpc) is 3.29. The molecule has 0 bridgehead atoms. The van der Waals surface area contributed by atoms with E-state index in [1.807, 2.05) is 47.8 Å². The Labute approximate surface area is 178 Å². The molecule has 3 aromatic carbocycles. The molecule has 1 heterocycles. The van der Waals surface area contributed by atoms with Crippen LogP contribution in [0.5, 0.6) is 11.5 Å². The van der Waals surface area contributed by atoms with Crippen molar-refractivity contribution < 1.29 is 14.3 Å². The van der Waals surface area contributed by atoms with Gasteiger partial charge >= 0.3 is 0 Å². The molecule has 5 nitrogen and oxygen atoms in total. The fraction of sp³-hybridized carbons (Fsp3) is 0.0833. The maximum absolute atomic E-state index is 12.2. The molecular formula is C24H20N2O3S. The molecule has 1 N–H and O–H groups in total. The van der Waals surface area contributed by atoms with E-state index in [1.165, 1.54) is 0 Å². The van der Waals surface area contributed by atoms with Gasteiger partial charge in [-0.2, -0.15) is 0 Å². The Hall–Kier alpha value is -3.64. The summed E-state index contributed by atoms with van der Waals surface area (Å²) in [6.45, 7) is -0.0688. The molecule has 150 valence electrons. The van der Waals surface area contributed by atoms with Crippen LogP contribution < -0.4 is 14.8 Å². The van der Waals surface area contributed by atoms with Crippen LogP contribution in [0, 0.1) is 0 Å². The zero-order chi connectivity index (χ0) is 20.8. The smallest absolute Gasteiger partial charge is 0.262 e. The maximum atomic E-state index is 12.2. The number of benzene rings is 3. The van der Waals surface area contributed by atoms with Crippen LogP contribution in [-0.2, 0) is 4.79 Å². The van der Waals surface area contributed by atoms with E-state index in [9.17, 15) is 4.79 Å². The minimum absolute atomic E-state index is 0.0688. The van der Waals surface area contributed by atoms with Crippen LogP contribution in [0.1, 0.15) is 0 Å². The van der Waals surface area contributed by atoms with Gasteiger partial charge < -0.3 is 14.8 Å². The predicted octanol–water partition coefficient (Wildman–Crippen LogP) is 5.50. The van der Waals surface area contributed by atoms with Gasteiger partial charge in [0.1, 0.15) is 16.5 Å². The highest BCUT2D eigenvalue weighted by Gasteiger charge is 2.08. The molecule has 0 spiro atoms. The minimum Gasteiger partial charge on any atom is -0.497 e. The van der Waals surface area contributed by atoms with Gasteiger partial charge in [0.05, 0.1) is 12.8 Å². The van der Waals surface area contributed by atoms with E-state index in [4.69, 9.17) is 14.5 Å². The number of nitrogens with zero attached hydrogens (tertiary/aromatic N) is 1. The third kappa shape index (κ3) is 4.85. The van der Waals surface area contributed by atoms with Gasteiger partial charge in [0.15, 0.2) is 6.61 Å². The van der Waals surface area contributed by atoms with Crippen molar-refractivity contribution in [2.45, 2.75) is 0 Å². The minimum atomic E-state index is -0.224. The quantitative estimate of drug-likeness (QED) is 0.432. The molecule has 30 heavy (non-hydrogen) atoms. The second-order valence-corrected chi connectivity index (χ2v) is 7.35. The Morgan fingerprint density at radius 2 is 1.60 bits per heavy atom. The van der Waals surface area contributed by atoms with Crippen molar-refractivity contribution in [1.29, 1.82) is 0 Å². The molecule has 0 radical (unpaired) electrons. The number of amides is 1. The van der Waals surface area contributed by atoms with Crippen LogP contribution >= 0.6 is 11.3 Å². The Morgan fingerprint density at radius 1 is 0.900 bits per heavy atom. The first kappa shape index (κ1) is 19.7. The molecule has 0 saturated heterocycles. The molecule has 0 fully saturated rings. The Morgan fingerprint density at radius 3 is 2.30 bits per heavy atom. The number of anilines is 1. The number of carbonyl (C=O) groups is 1. The van der Waals surface area contributed by atoms with E-state index >= 15 is 0 Å². The van der Waals surface area contributed by atoms with Crippen LogP contribution in [0.4, 0.5) is 5.69 Å². The second-order valence-electron chi connectivity index (χ2n) is 6.49. The number of methoxy groups -OCH3 is 1. The highest BCUT2D eigenvalue weighted by molar-refractivity contribution is 7.13. The number of hydrogen-bond acceptors (Lipinski definition) is 5. The molecule has 0 saturated carbocycles. The van der Waals surface area contributed by atoms with Crippen molar-refractivity contribution in [1.82, 2.24) is 4.98 Å². The summed E-state index contributed by atoms with van der Waals surface area (Å²) in [5, 5.41) is 5.86. The van der Waals surface area contributed by atoms with Crippen LogP contribution in [-0.4, -0.2) is 24.6 Å². The first-order chi connectivity index (χ1) is 14.7. The van der Waals surface area contributed by atoms with Gasteiger partial charge in [0.2, 0.25) is 0 Å². The lowest BCUT2D eigenvalue weighted by molar-refractivity contribution is -0.118. The van der Waals surface area contributed by atoms with Gasteiger partial charge in [0.25, 0.3) is 5.91 Å². The van der Waals surface area contributed by atoms with Crippen molar-refractivity contribution in [2.75, 3.05) is 19.0 Å². The fourth-order valence-electron chi connectivity index (χ4n) is 2.86. The molecule has 0 aliphatic rings. The van der Waals surface area contributed by atoms with Gasteiger partial charge in [-0.1, -0.05) is 42.5 Å². The van der Waals surface area contributed by atoms with E-state index < -0.39 is 0 Å². The third-order valence-electron chi connectivity index (χ3n) is 4.42. The van der Waals surface area contributed by atoms with Crippen LogP contribution in [0.25, 0.3) is 21.8 Å². The standard InChI is InChI=1S/C24H20N2O3S/c1-28-20-11-13-21(14-12-20)29-15-23(27)25-19-9-7-17(8-10-19)22-16-30-24(26-22)18-5-3-2-4-6-18/h2-14,16H,15H2,1H3,(H,25,27). The second kappa shape index (κ2) is 9.24. The Bertz CT molecular complexity index is 1110. The molecule has 0 atom stereocenters. The van der Waals surface area contributed by atoms with Crippen molar-refractivity contribution in [3.05, 3.63) is 84.2 Å². The van der Waals surface area contributed by atoms with E-state index in [1.54, 1.807) is 42.7 Å². The van der Waals surface area contributed by atoms with Gasteiger partial charge in [-0.05, 0) is 36.4 Å². The van der Waals surface area contributed by atoms with Gasteiger partial charge in [-0.3, -0.25) is 4.79 Å². The summed E-state index contributed by atoms with van der Waals surface area (Å²) in [5.74, 6) is 1.13. The van der Waals surface area contributed by atoms with Crippen LogP contribution in [0.3, 0.4) is 0 Å². The van der Waals surface area contributed by atoms with Crippen molar-refractivity contribution in [3.8, 4) is 33.3 Å². The fourth-order valence-corrected chi connectivity index (χ4v) is 3.70. The SMILES string of the molecule is COc1ccc(OCC(=O)Nc2ccc(-c3csc(-c4ccccc4)n3)cc2)cc1. The van der Waals surface area contributed by atoms with E-state index in [0.717, 1.165) is 27.6 Å². The number of ether oxygens (including phenoxy) is 2. The van der Waals surface area contributed by atoms with Crippen LogP contribution in [0.15, 0.2) is 84.2 Å². The molecule has 0 aliphatic carbocycles. The third-order valence-corrected chi connectivity index (χ3v) is 5.31. The average molecular weight is 417 g/mol. The molecule has 0 aliphatic heterocycles. The number of aromatic nitrogens is 1. The molecule has 1 amide bonds. The first-order valence-corrected chi connectivity index (χ1v) is 10.3. The van der Waals surface area contributed by atoms with E-state index in [-0.39, 0.29) is 12.5 Å². The summed E-state index contributed by atoms with van der Waals surface area (Å²) in [5.41, 5.74) is 3.73. The Kier molecular flexibility index (Phi) is 6.06. The Balaban J connectivity index is 1.34. The lowest BCUT2D eigenvalue weighted by Gasteiger charge is -2.08. The number of hydrogen-bond donors (Lipinski definition) is 1. The van der Waals surface area contributed by atoms with E-state index in [0.29, 0.717) is 11.4 Å². The maximum Gasteiger partial charge on any atom is 0.262 e. The van der Waals surface area contributed by atoms with Crippen LogP contribution in [0.2, 0.25) is 0 Å². The van der Waals surface area contributed by atoms with Crippen molar-refractivity contribution >= 4 is 22.9 Å². The van der Waals surface area contributed by atoms with Gasteiger partial charge in [0, 0.05) is 22.2 Å². The molecule has 6 heteroatoms. The summed E-state index contributed by atoms with van der Waals surface area (Å²) < 4.78 is 10.6. The zero-order valence-corrected chi connectivity index (χ0v) is 17.2. The summed E-state index contributed by atoms with van der Waals surface area (Å²) >= 11 is 1.61. The lowest BCUT2D eigenvalue weighted by Crippen LogP contribution is -2.20. The highest BCUT2D eigenvalue weighted by atomic mass is 32.1. The summed E-state index contributed by atoms with van der Waals surface area (Å²) in [6, 6.07) is 24.8. The summed E-state index contributed by atoms with van der Waals surface area (Å²) in [7, 11) is 1.60. The number of thiazole rings is 1. The summed E-state index contributed by atoms with van der Waals surface area (Å²) in [4.78, 5) is 16.9. The normalized spacial score (nSPS) is 10.4. The topological polar surface area (TPSA) is 60.5 Å². The molecule has 4 aromatic rings. The van der Waals surface area contributed by atoms with Crippen molar-refractivity contribution in [3.63, 3.8) is 0 Å². The number of nitrogens with one attached hydrogen (secondary N) is 1. The first-order valence-electron chi connectivity index (χ1n) is 9.39. The summed E-state index contributed by atoms with van der Waals surface area (Å²) in [6.07, 6.45) is 0.